The van der Waals surface area contributed by atoms with Crippen LogP contribution < -0.4 is 10.1 Å². The van der Waals surface area contributed by atoms with Crippen LogP contribution in [-0.2, 0) is 15.0 Å². The third-order valence-corrected chi connectivity index (χ3v) is 8.25. The van der Waals surface area contributed by atoms with Gasteiger partial charge < -0.3 is 10.1 Å². The van der Waals surface area contributed by atoms with Gasteiger partial charge in [0, 0.05) is 39.2 Å². The van der Waals surface area contributed by atoms with Gasteiger partial charge in [0.25, 0.3) is 10.2 Å². The monoisotopic (exact) mass is 423 g/mol. The number of para-hydroxylation sites is 1. The lowest BCUT2D eigenvalue weighted by Crippen LogP contribution is -2.50. The number of ether oxygens (including phenoxy) is 1. The Labute approximate surface area is 174 Å². The Morgan fingerprint density at radius 2 is 1.97 bits per heavy atom. The molecule has 162 valence electrons. The molecule has 0 bridgehead atoms. The van der Waals surface area contributed by atoms with E-state index in [0.29, 0.717) is 19.4 Å². The van der Waals surface area contributed by atoms with Crippen molar-refractivity contribution in [2.45, 2.75) is 57.6 Å². The number of carbonyl (C=O) groups is 1. The highest BCUT2D eigenvalue weighted by Gasteiger charge is 2.40. The van der Waals surface area contributed by atoms with E-state index in [1.54, 1.807) is 0 Å². The largest absolute Gasteiger partial charge is 0.487 e. The molecule has 1 saturated heterocycles. The van der Waals surface area contributed by atoms with Gasteiger partial charge in [-0.3, -0.25) is 4.79 Å². The van der Waals surface area contributed by atoms with Crippen molar-refractivity contribution in [3.63, 3.8) is 0 Å². The molecule has 0 spiro atoms. The maximum Gasteiger partial charge on any atom is 0.281 e. The smallest absolute Gasteiger partial charge is 0.281 e. The van der Waals surface area contributed by atoms with Gasteiger partial charge in [-0.05, 0) is 31.7 Å². The molecule has 29 heavy (non-hydrogen) atoms. The second kappa shape index (κ2) is 8.62. The predicted octanol–water partition coefficient (Wildman–Crippen LogP) is 2.70. The van der Waals surface area contributed by atoms with E-state index >= 15 is 0 Å². The molecule has 1 amide bonds. The van der Waals surface area contributed by atoms with E-state index in [1.807, 2.05) is 24.3 Å². The average Bonchev–Trinajstić information content (AvgIpc) is 2.73. The minimum Gasteiger partial charge on any atom is -0.487 e. The quantitative estimate of drug-likeness (QED) is 0.763. The zero-order valence-corrected chi connectivity index (χ0v) is 18.7. The summed E-state index contributed by atoms with van der Waals surface area (Å²) in [5.74, 6) is 0.408. The van der Waals surface area contributed by atoms with Crippen LogP contribution in [0.1, 0.15) is 57.6 Å². The lowest BCUT2D eigenvalue weighted by molar-refractivity contribution is -0.127. The third kappa shape index (κ3) is 4.44. The topological polar surface area (TPSA) is 79.0 Å². The predicted molar refractivity (Wildman–Crippen MR) is 113 cm³/mol. The molecule has 2 atom stereocenters. The summed E-state index contributed by atoms with van der Waals surface area (Å²) in [5.41, 5.74) is 0.700. The number of rotatable bonds is 6. The van der Waals surface area contributed by atoms with Crippen molar-refractivity contribution >= 4 is 16.1 Å². The zero-order valence-electron chi connectivity index (χ0n) is 17.8. The van der Waals surface area contributed by atoms with Crippen molar-refractivity contribution in [1.29, 1.82) is 0 Å². The zero-order chi connectivity index (χ0) is 21.2. The molecule has 2 aliphatic rings. The molecule has 1 aromatic carbocycles. The number of hydrogen-bond acceptors (Lipinski definition) is 4. The van der Waals surface area contributed by atoms with E-state index < -0.39 is 10.2 Å². The maximum atomic E-state index is 13.1. The van der Waals surface area contributed by atoms with Crippen LogP contribution in [0.4, 0.5) is 0 Å². The van der Waals surface area contributed by atoms with E-state index in [9.17, 15) is 13.2 Å². The van der Waals surface area contributed by atoms with Crippen LogP contribution in [0.3, 0.4) is 0 Å². The standard InChI is InChI=1S/C21H33N3O4S/c1-5-21(6-2)14-18(17-11-7-8-12-19(17)28-21)22-20(25)16-10-9-13-24(15-16)29(26,27)23(3)4/h7-8,11-12,16,18H,5-6,9-10,13-15H2,1-4H3,(H,22,25)/t16-,18+/m1/s1. The van der Waals surface area contributed by atoms with Crippen LogP contribution >= 0.6 is 0 Å². The van der Waals surface area contributed by atoms with Gasteiger partial charge in [-0.15, -0.1) is 0 Å². The lowest BCUT2D eigenvalue weighted by Gasteiger charge is -2.42. The first-order chi connectivity index (χ1) is 13.7. The molecule has 0 aromatic heterocycles. The molecule has 7 nitrogen and oxygen atoms in total. The molecule has 0 saturated carbocycles. The Hall–Kier alpha value is -1.64. The maximum absolute atomic E-state index is 13.1. The van der Waals surface area contributed by atoms with Crippen LogP contribution in [0, 0.1) is 5.92 Å². The molecule has 1 aromatic rings. The number of carbonyl (C=O) groups excluding carboxylic acids is 1. The molecular formula is C21H33N3O4S. The van der Waals surface area contributed by atoms with Crippen LogP contribution in [0.25, 0.3) is 0 Å². The Kier molecular flexibility index (Phi) is 6.55. The van der Waals surface area contributed by atoms with Crippen molar-refractivity contribution in [3.05, 3.63) is 29.8 Å². The minimum atomic E-state index is -3.51. The van der Waals surface area contributed by atoms with Gasteiger partial charge in [-0.2, -0.15) is 17.0 Å². The summed E-state index contributed by atoms with van der Waals surface area (Å²) >= 11 is 0. The first-order valence-corrected chi connectivity index (χ1v) is 11.9. The minimum absolute atomic E-state index is 0.0773. The van der Waals surface area contributed by atoms with Crippen molar-refractivity contribution < 1.29 is 17.9 Å². The van der Waals surface area contributed by atoms with Crippen LogP contribution in [0.15, 0.2) is 24.3 Å². The van der Waals surface area contributed by atoms with Crippen molar-refractivity contribution in [3.8, 4) is 5.75 Å². The van der Waals surface area contributed by atoms with Crippen molar-refractivity contribution in [1.82, 2.24) is 13.9 Å². The average molecular weight is 424 g/mol. The van der Waals surface area contributed by atoms with Crippen LogP contribution in [-0.4, -0.2) is 55.7 Å². The van der Waals surface area contributed by atoms with Crippen molar-refractivity contribution in [2.75, 3.05) is 27.2 Å². The van der Waals surface area contributed by atoms with Gasteiger partial charge in [0.15, 0.2) is 0 Å². The molecule has 0 aliphatic carbocycles. The number of amides is 1. The first-order valence-electron chi connectivity index (χ1n) is 10.5. The van der Waals surface area contributed by atoms with Gasteiger partial charge in [0.05, 0.1) is 12.0 Å². The third-order valence-electron chi connectivity index (χ3n) is 6.34. The first kappa shape index (κ1) is 22.1. The SMILES string of the molecule is CCC1(CC)C[C@H](NC(=O)[C@@H]2CCCN(S(=O)(=O)N(C)C)C2)c2ccccc2O1. The fraction of sp³-hybridized carbons (Fsp3) is 0.667. The number of nitrogens with zero attached hydrogens (tertiary/aromatic N) is 2. The fourth-order valence-electron chi connectivity index (χ4n) is 4.32. The number of benzene rings is 1. The second-order valence-electron chi connectivity index (χ2n) is 8.28. The molecular weight excluding hydrogens is 390 g/mol. The van der Waals surface area contributed by atoms with E-state index in [4.69, 9.17) is 4.74 Å². The van der Waals surface area contributed by atoms with E-state index in [-0.39, 0.29) is 30.0 Å². The summed E-state index contributed by atoms with van der Waals surface area (Å²) in [6, 6.07) is 7.73. The normalized spacial score (nSPS) is 24.6. The van der Waals surface area contributed by atoms with Crippen LogP contribution in [0.5, 0.6) is 5.75 Å². The summed E-state index contributed by atoms with van der Waals surface area (Å²) < 4.78 is 33.9. The van der Waals surface area contributed by atoms with E-state index in [2.05, 4.69) is 19.2 Å². The number of fused-ring (bicyclic) bond motifs is 1. The molecule has 1 fully saturated rings. The summed E-state index contributed by atoms with van der Waals surface area (Å²) in [4.78, 5) is 13.1. The highest BCUT2D eigenvalue weighted by atomic mass is 32.2. The summed E-state index contributed by atoms with van der Waals surface area (Å²) in [6.45, 7) is 4.91. The van der Waals surface area contributed by atoms with Gasteiger partial charge >= 0.3 is 0 Å². The molecule has 8 heteroatoms. The van der Waals surface area contributed by atoms with Gasteiger partial charge in [-0.25, -0.2) is 0 Å². The van der Waals surface area contributed by atoms with E-state index in [0.717, 1.165) is 30.6 Å². The molecule has 2 heterocycles. The Morgan fingerprint density at radius 3 is 2.62 bits per heavy atom. The number of nitrogens with one attached hydrogen (secondary N) is 1. The van der Waals surface area contributed by atoms with Gasteiger partial charge in [0.2, 0.25) is 5.91 Å². The Bertz CT molecular complexity index is 836. The summed E-state index contributed by atoms with van der Waals surface area (Å²) in [7, 11) is -0.466. The highest BCUT2D eigenvalue weighted by molar-refractivity contribution is 7.86. The summed E-state index contributed by atoms with van der Waals surface area (Å²) in [6.07, 6.45) is 3.83. The molecule has 0 unspecified atom stereocenters. The van der Waals surface area contributed by atoms with E-state index in [1.165, 1.54) is 22.7 Å². The molecule has 3 rings (SSSR count). The lowest BCUT2D eigenvalue weighted by atomic mass is 9.83. The molecule has 1 N–H and O–H groups in total. The Morgan fingerprint density at radius 1 is 1.28 bits per heavy atom. The second-order valence-corrected chi connectivity index (χ2v) is 10.4. The fourth-order valence-corrected chi connectivity index (χ4v) is 5.51. The van der Waals surface area contributed by atoms with Gasteiger partial charge in [0.1, 0.15) is 11.4 Å². The molecule has 2 aliphatic heterocycles. The summed E-state index contributed by atoms with van der Waals surface area (Å²) in [5, 5.41) is 3.22. The molecule has 0 radical (unpaired) electrons. The highest BCUT2D eigenvalue weighted by Crippen LogP contribution is 2.42. The Balaban J connectivity index is 1.77. The number of hydrogen-bond donors (Lipinski definition) is 1. The van der Waals surface area contributed by atoms with Crippen molar-refractivity contribution in [2.24, 2.45) is 5.92 Å². The van der Waals surface area contributed by atoms with Gasteiger partial charge in [-0.1, -0.05) is 32.0 Å². The number of piperidine rings is 1. The van der Waals surface area contributed by atoms with Crippen LogP contribution in [0.2, 0.25) is 0 Å².